The third-order valence-corrected chi connectivity index (χ3v) is 3.55. The van der Waals surface area contributed by atoms with Crippen LogP contribution < -0.4 is 0 Å². The van der Waals surface area contributed by atoms with Crippen LogP contribution in [0.3, 0.4) is 0 Å². The van der Waals surface area contributed by atoms with E-state index in [2.05, 4.69) is 17.6 Å². The molecule has 0 amide bonds. The first-order valence-corrected chi connectivity index (χ1v) is 6.10. The van der Waals surface area contributed by atoms with Gasteiger partial charge in [-0.1, -0.05) is 11.6 Å². The molecule has 1 heterocycles. The molecule has 0 aliphatic heterocycles. The quantitative estimate of drug-likeness (QED) is 0.804. The molecule has 2 rings (SSSR count). The summed E-state index contributed by atoms with van der Waals surface area (Å²) in [5, 5.41) is 2.97. The van der Waals surface area contributed by atoms with Gasteiger partial charge in [0.25, 0.3) is 0 Å². The average molecular weight is 260 g/mol. The lowest BCUT2D eigenvalue weighted by Crippen LogP contribution is -1.82. The number of thiazole rings is 1. The van der Waals surface area contributed by atoms with Crippen molar-refractivity contribution in [1.29, 1.82) is 0 Å². The molecule has 1 aromatic carbocycles. The summed E-state index contributed by atoms with van der Waals surface area (Å²) in [5.41, 5.74) is 1.64. The lowest BCUT2D eigenvalue weighted by molar-refractivity contribution is 0.628. The van der Waals surface area contributed by atoms with Crippen LogP contribution in [0.1, 0.15) is 5.01 Å². The molecule has 0 saturated heterocycles. The molecule has 0 N–H and O–H groups in total. The van der Waals surface area contributed by atoms with Crippen LogP contribution in [0, 0.1) is 5.82 Å². The molecule has 0 aliphatic rings. The van der Waals surface area contributed by atoms with Crippen LogP contribution in [0.4, 0.5) is 4.39 Å². The van der Waals surface area contributed by atoms with Gasteiger partial charge in [-0.3, -0.25) is 0 Å². The summed E-state index contributed by atoms with van der Waals surface area (Å²) < 4.78 is 12.9. The zero-order chi connectivity index (χ0) is 10.8. The fourth-order valence-corrected chi connectivity index (χ4v) is 2.31. The minimum Gasteiger partial charge on any atom is -0.240 e. The second kappa shape index (κ2) is 4.51. The predicted molar refractivity (Wildman–Crippen MR) is 65.2 cm³/mol. The maximum absolute atomic E-state index is 12.9. The van der Waals surface area contributed by atoms with Crippen molar-refractivity contribution in [2.24, 2.45) is 0 Å². The molecule has 5 heteroatoms. The molecule has 0 bridgehead atoms. The summed E-state index contributed by atoms with van der Waals surface area (Å²) in [6.07, 6.45) is 0. The molecule has 0 aliphatic carbocycles. The van der Waals surface area contributed by atoms with Gasteiger partial charge in [0.05, 0.1) is 10.7 Å². The monoisotopic (exact) mass is 259 g/mol. The SMILES string of the molecule is Fc1ccc(-c2csc(CS)n2)cc1Cl. The van der Waals surface area contributed by atoms with Gasteiger partial charge in [-0.05, 0) is 18.2 Å². The van der Waals surface area contributed by atoms with Crippen molar-refractivity contribution in [3.63, 3.8) is 0 Å². The Morgan fingerprint density at radius 1 is 1.47 bits per heavy atom. The van der Waals surface area contributed by atoms with E-state index in [9.17, 15) is 4.39 Å². The maximum atomic E-state index is 12.9. The Kier molecular flexibility index (Phi) is 3.29. The van der Waals surface area contributed by atoms with Crippen molar-refractivity contribution in [1.82, 2.24) is 4.98 Å². The molecule has 15 heavy (non-hydrogen) atoms. The van der Waals surface area contributed by atoms with Gasteiger partial charge in [-0.15, -0.1) is 11.3 Å². The Balaban J connectivity index is 2.40. The minimum atomic E-state index is -0.412. The average Bonchev–Trinajstić information content (AvgIpc) is 2.70. The molecule has 1 aromatic heterocycles. The third kappa shape index (κ3) is 2.33. The highest BCUT2D eigenvalue weighted by atomic mass is 35.5. The van der Waals surface area contributed by atoms with E-state index in [1.54, 1.807) is 12.1 Å². The molecule has 0 unspecified atom stereocenters. The second-order valence-corrected chi connectivity index (χ2v) is 4.58. The molecule has 1 nitrogen and oxygen atoms in total. The van der Waals surface area contributed by atoms with Crippen molar-refractivity contribution in [2.75, 3.05) is 0 Å². The first kappa shape index (κ1) is 10.9. The van der Waals surface area contributed by atoms with E-state index >= 15 is 0 Å². The summed E-state index contributed by atoms with van der Waals surface area (Å²) in [4.78, 5) is 4.33. The highest BCUT2D eigenvalue weighted by Gasteiger charge is 2.06. The van der Waals surface area contributed by atoms with Crippen molar-refractivity contribution in [3.8, 4) is 11.3 Å². The van der Waals surface area contributed by atoms with E-state index in [4.69, 9.17) is 11.6 Å². The largest absolute Gasteiger partial charge is 0.240 e. The summed E-state index contributed by atoms with van der Waals surface area (Å²) >= 11 is 11.4. The number of hydrogen-bond acceptors (Lipinski definition) is 3. The normalized spacial score (nSPS) is 10.6. The van der Waals surface area contributed by atoms with Crippen LogP contribution in [-0.4, -0.2) is 4.98 Å². The van der Waals surface area contributed by atoms with Crippen molar-refractivity contribution >= 4 is 35.6 Å². The predicted octanol–water partition coefficient (Wildman–Crippen LogP) is 4.03. The lowest BCUT2D eigenvalue weighted by atomic mass is 10.2. The van der Waals surface area contributed by atoms with Crippen LogP contribution in [0.25, 0.3) is 11.3 Å². The van der Waals surface area contributed by atoms with Crippen molar-refractivity contribution < 1.29 is 4.39 Å². The summed E-state index contributed by atoms with van der Waals surface area (Å²) in [7, 11) is 0. The Bertz CT molecular complexity index is 484. The Labute approximate surface area is 101 Å². The molecule has 0 atom stereocenters. The van der Waals surface area contributed by atoms with Gasteiger partial charge in [0, 0.05) is 16.7 Å². The second-order valence-electron chi connectivity index (χ2n) is 2.91. The number of thiol groups is 1. The van der Waals surface area contributed by atoms with Crippen LogP contribution in [0.15, 0.2) is 23.6 Å². The van der Waals surface area contributed by atoms with Gasteiger partial charge < -0.3 is 0 Å². The van der Waals surface area contributed by atoms with E-state index in [0.29, 0.717) is 5.75 Å². The molecule has 0 spiro atoms. The standard InChI is InChI=1S/C10H7ClFNS2/c11-7-3-6(1-2-8(7)12)9-5-15-10(4-14)13-9/h1-3,5,14H,4H2. The van der Waals surface area contributed by atoms with E-state index < -0.39 is 5.82 Å². The third-order valence-electron chi connectivity index (χ3n) is 1.90. The molecule has 0 saturated carbocycles. The number of halogens is 2. The smallest absolute Gasteiger partial charge is 0.141 e. The fraction of sp³-hybridized carbons (Fsp3) is 0.100. The van der Waals surface area contributed by atoms with Crippen LogP contribution in [0.5, 0.6) is 0 Å². The van der Waals surface area contributed by atoms with Crippen LogP contribution in [0.2, 0.25) is 5.02 Å². The lowest BCUT2D eigenvalue weighted by Gasteiger charge is -1.98. The van der Waals surface area contributed by atoms with Crippen molar-refractivity contribution in [2.45, 2.75) is 5.75 Å². The summed E-state index contributed by atoms with van der Waals surface area (Å²) in [5.74, 6) is 0.199. The number of nitrogens with zero attached hydrogens (tertiary/aromatic N) is 1. The van der Waals surface area contributed by atoms with Gasteiger partial charge in [0.2, 0.25) is 0 Å². The van der Waals surface area contributed by atoms with Crippen LogP contribution in [-0.2, 0) is 5.75 Å². The van der Waals surface area contributed by atoms with Crippen molar-refractivity contribution in [3.05, 3.63) is 39.4 Å². The molecule has 78 valence electrons. The van der Waals surface area contributed by atoms with Gasteiger partial charge in [0.1, 0.15) is 10.8 Å². The van der Waals surface area contributed by atoms with E-state index in [1.807, 2.05) is 5.38 Å². The molecule has 0 fully saturated rings. The number of hydrogen-bond donors (Lipinski definition) is 1. The van der Waals surface area contributed by atoms with E-state index in [-0.39, 0.29) is 5.02 Å². The summed E-state index contributed by atoms with van der Waals surface area (Å²) in [6.45, 7) is 0. The fourth-order valence-electron chi connectivity index (χ4n) is 1.17. The van der Waals surface area contributed by atoms with Gasteiger partial charge in [-0.25, -0.2) is 9.37 Å². The highest BCUT2D eigenvalue weighted by Crippen LogP contribution is 2.26. The Morgan fingerprint density at radius 3 is 2.87 bits per heavy atom. The maximum Gasteiger partial charge on any atom is 0.141 e. The molecule has 2 aromatic rings. The first-order valence-electron chi connectivity index (χ1n) is 4.21. The van der Waals surface area contributed by atoms with Crippen LogP contribution >= 0.6 is 35.6 Å². The zero-order valence-electron chi connectivity index (χ0n) is 7.58. The van der Waals surface area contributed by atoms with Gasteiger partial charge in [0.15, 0.2) is 0 Å². The highest BCUT2D eigenvalue weighted by molar-refractivity contribution is 7.79. The Morgan fingerprint density at radius 2 is 2.27 bits per heavy atom. The van der Waals surface area contributed by atoms with E-state index in [1.165, 1.54) is 17.4 Å². The zero-order valence-corrected chi connectivity index (χ0v) is 10.0. The number of rotatable bonds is 2. The first-order chi connectivity index (χ1) is 7.20. The van der Waals surface area contributed by atoms with Gasteiger partial charge >= 0.3 is 0 Å². The van der Waals surface area contributed by atoms with E-state index in [0.717, 1.165) is 16.3 Å². The topological polar surface area (TPSA) is 12.9 Å². The minimum absolute atomic E-state index is 0.118. The van der Waals surface area contributed by atoms with Gasteiger partial charge in [-0.2, -0.15) is 12.6 Å². The number of benzene rings is 1. The molecular weight excluding hydrogens is 253 g/mol. The molecule has 0 radical (unpaired) electrons. The molecular formula is C10H7ClFNS2. The number of aromatic nitrogens is 1. The summed E-state index contributed by atoms with van der Waals surface area (Å²) in [6, 6.07) is 4.59. The Hall–Kier alpha value is -0.580.